The second kappa shape index (κ2) is 5.59. The first-order chi connectivity index (χ1) is 7.85. The Hall–Kier alpha value is -0.680. The lowest BCUT2D eigenvalue weighted by Gasteiger charge is -2.35. The van der Waals surface area contributed by atoms with E-state index in [1.165, 1.54) is 19.3 Å². The maximum Gasteiger partial charge on any atom is 0.205 e. The van der Waals surface area contributed by atoms with Gasteiger partial charge in [0.2, 0.25) is 5.13 Å². The van der Waals surface area contributed by atoms with Crippen LogP contribution in [0.5, 0.6) is 0 Å². The Morgan fingerprint density at radius 1 is 1.50 bits per heavy atom. The zero-order valence-corrected chi connectivity index (χ0v) is 10.9. The monoisotopic (exact) mass is 240 g/mol. The van der Waals surface area contributed by atoms with Crippen LogP contribution in [0.4, 0.5) is 5.13 Å². The van der Waals surface area contributed by atoms with Gasteiger partial charge in [0.05, 0.1) is 0 Å². The Morgan fingerprint density at radius 2 is 2.38 bits per heavy atom. The summed E-state index contributed by atoms with van der Waals surface area (Å²) in [7, 11) is 2.02. The van der Waals surface area contributed by atoms with E-state index in [4.69, 9.17) is 0 Å². The van der Waals surface area contributed by atoms with E-state index in [1.54, 1.807) is 11.5 Å². The fraction of sp³-hybridized carbons (Fsp3) is 0.818. The average Bonchev–Trinajstić information content (AvgIpc) is 2.79. The molecule has 1 N–H and O–H groups in total. The molecule has 0 aliphatic carbocycles. The molecule has 0 saturated carbocycles. The maximum absolute atomic E-state index is 4.59. The summed E-state index contributed by atoms with van der Waals surface area (Å²) >= 11 is 1.55. The van der Waals surface area contributed by atoms with Crippen LogP contribution in [0, 0.1) is 0 Å². The molecule has 1 aliphatic heterocycles. The Bertz CT molecular complexity index is 324. The van der Waals surface area contributed by atoms with Gasteiger partial charge >= 0.3 is 0 Å². The number of aromatic nitrogens is 2. The largest absolute Gasteiger partial charge is 0.343 e. The van der Waals surface area contributed by atoms with Gasteiger partial charge in [-0.05, 0) is 26.3 Å². The number of nitrogens with zero attached hydrogens (tertiary/aromatic N) is 3. The summed E-state index contributed by atoms with van der Waals surface area (Å²) in [5, 5.41) is 4.38. The standard InChI is InChI=1S/C11H20N4S/c1-3-10-13-11(16-14-10)15-7-5-4-6-9(15)8-12-2/h9,12H,3-8H2,1-2H3. The third kappa shape index (κ3) is 2.52. The normalized spacial score (nSPS) is 21.4. The fourth-order valence-electron chi connectivity index (χ4n) is 2.21. The SMILES string of the molecule is CCc1nsc(N2CCCCC2CNC)n1. The van der Waals surface area contributed by atoms with Crippen molar-refractivity contribution in [1.29, 1.82) is 0 Å². The Kier molecular flexibility index (Phi) is 4.12. The quantitative estimate of drug-likeness (QED) is 0.869. The van der Waals surface area contributed by atoms with Crippen molar-refractivity contribution in [2.24, 2.45) is 0 Å². The van der Waals surface area contributed by atoms with Crippen LogP contribution in [-0.2, 0) is 6.42 Å². The van der Waals surface area contributed by atoms with E-state index < -0.39 is 0 Å². The third-order valence-electron chi connectivity index (χ3n) is 3.09. The Labute approximate surface area is 101 Å². The zero-order valence-electron chi connectivity index (χ0n) is 10.1. The van der Waals surface area contributed by atoms with Crippen molar-refractivity contribution in [1.82, 2.24) is 14.7 Å². The zero-order chi connectivity index (χ0) is 11.4. The molecular formula is C11H20N4S. The van der Waals surface area contributed by atoms with E-state index in [1.807, 2.05) is 7.05 Å². The molecule has 1 atom stereocenters. The average molecular weight is 240 g/mol. The van der Waals surface area contributed by atoms with E-state index in [9.17, 15) is 0 Å². The van der Waals surface area contributed by atoms with Crippen molar-refractivity contribution >= 4 is 16.7 Å². The van der Waals surface area contributed by atoms with Gasteiger partial charge in [0.15, 0.2) is 0 Å². The van der Waals surface area contributed by atoms with Crippen LogP contribution in [0.2, 0.25) is 0 Å². The van der Waals surface area contributed by atoms with Gasteiger partial charge in [-0.15, -0.1) is 0 Å². The molecule has 0 spiro atoms. The van der Waals surface area contributed by atoms with E-state index in [0.717, 1.165) is 30.5 Å². The van der Waals surface area contributed by atoms with Crippen molar-refractivity contribution in [3.05, 3.63) is 5.82 Å². The lowest BCUT2D eigenvalue weighted by Crippen LogP contribution is -2.45. The lowest BCUT2D eigenvalue weighted by molar-refractivity contribution is 0.446. The highest BCUT2D eigenvalue weighted by molar-refractivity contribution is 7.09. The van der Waals surface area contributed by atoms with E-state index >= 15 is 0 Å². The smallest absolute Gasteiger partial charge is 0.205 e. The molecule has 1 aliphatic rings. The number of piperidine rings is 1. The van der Waals surface area contributed by atoms with Crippen molar-refractivity contribution in [2.75, 3.05) is 25.0 Å². The second-order valence-corrected chi connectivity index (χ2v) is 4.98. The van der Waals surface area contributed by atoms with Crippen LogP contribution in [0.25, 0.3) is 0 Å². The number of hydrogen-bond donors (Lipinski definition) is 1. The number of aryl methyl sites for hydroxylation is 1. The number of likely N-dealkylation sites (N-methyl/N-ethyl adjacent to an activating group) is 1. The van der Waals surface area contributed by atoms with Gasteiger partial charge in [0, 0.05) is 37.1 Å². The first-order valence-electron chi connectivity index (χ1n) is 6.09. The van der Waals surface area contributed by atoms with Crippen molar-refractivity contribution < 1.29 is 0 Å². The van der Waals surface area contributed by atoms with Crippen LogP contribution in [-0.4, -0.2) is 35.5 Å². The van der Waals surface area contributed by atoms with Crippen molar-refractivity contribution in [3.8, 4) is 0 Å². The topological polar surface area (TPSA) is 41.1 Å². The molecule has 0 aromatic carbocycles. The van der Waals surface area contributed by atoms with Crippen LogP contribution in [0.15, 0.2) is 0 Å². The van der Waals surface area contributed by atoms with Crippen LogP contribution in [0.1, 0.15) is 32.0 Å². The molecule has 1 saturated heterocycles. The molecule has 1 aromatic heterocycles. The molecule has 0 radical (unpaired) electrons. The van der Waals surface area contributed by atoms with Gasteiger partial charge in [-0.25, -0.2) is 4.98 Å². The molecule has 2 heterocycles. The number of rotatable bonds is 4. The Balaban J connectivity index is 2.09. The predicted octanol–water partition coefficient (Wildman–Crippen LogP) is 1.68. The highest BCUT2D eigenvalue weighted by atomic mass is 32.1. The summed E-state index contributed by atoms with van der Waals surface area (Å²) in [4.78, 5) is 7.02. The fourth-order valence-corrected chi connectivity index (χ4v) is 3.05. The summed E-state index contributed by atoms with van der Waals surface area (Å²) < 4.78 is 4.37. The third-order valence-corrected chi connectivity index (χ3v) is 3.88. The molecule has 90 valence electrons. The molecule has 16 heavy (non-hydrogen) atoms. The molecule has 5 heteroatoms. The van der Waals surface area contributed by atoms with Crippen LogP contribution >= 0.6 is 11.5 Å². The van der Waals surface area contributed by atoms with Gasteiger partial charge in [-0.3, -0.25) is 0 Å². The van der Waals surface area contributed by atoms with Crippen molar-refractivity contribution in [3.63, 3.8) is 0 Å². The van der Waals surface area contributed by atoms with E-state index in [2.05, 4.69) is 26.5 Å². The Morgan fingerprint density at radius 3 is 3.06 bits per heavy atom. The molecule has 2 rings (SSSR count). The van der Waals surface area contributed by atoms with Gasteiger partial charge < -0.3 is 10.2 Å². The summed E-state index contributed by atoms with van der Waals surface area (Å²) in [6, 6.07) is 0.594. The molecule has 0 bridgehead atoms. The summed E-state index contributed by atoms with van der Waals surface area (Å²) in [6.07, 6.45) is 4.81. The van der Waals surface area contributed by atoms with Crippen molar-refractivity contribution in [2.45, 2.75) is 38.6 Å². The van der Waals surface area contributed by atoms with Gasteiger partial charge in [-0.2, -0.15) is 4.37 Å². The minimum absolute atomic E-state index is 0.594. The molecule has 1 unspecified atom stereocenters. The summed E-state index contributed by atoms with van der Waals surface area (Å²) in [6.45, 7) is 4.28. The van der Waals surface area contributed by atoms with Crippen LogP contribution < -0.4 is 10.2 Å². The van der Waals surface area contributed by atoms with E-state index in [0.29, 0.717) is 6.04 Å². The summed E-state index contributed by atoms with van der Waals surface area (Å²) in [5.74, 6) is 0.980. The van der Waals surface area contributed by atoms with Gasteiger partial charge in [-0.1, -0.05) is 6.92 Å². The highest BCUT2D eigenvalue weighted by Gasteiger charge is 2.24. The molecular weight excluding hydrogens is 220 g/mol. The molecule has 4 nitrogen and oxygen atoms in total. The number of nitrogens with one attached hydrogen (secondary N) is 1. The number of anilines is 1. The first kappa shape index (κ1) is 11.8. The highest BCUT2D eigenvalue weighted by Crippen LogP contribution is 2.26. The van der Waals surface area contributed by atoms with Gasteiger partial charge in [0.1, 0.15) is 5.82 Å². The lowest BCUT2D eigenvalue weighted by atomic mass is 10.0. The molecule has 1 fully saturated rings. The van der Waals surface area contributed by atoms with Gasteiger partial charge in [0.25, 0.3) is 0 Å². The summed E-state index contributed by atoms with van der Waals surface area (Å²) in [5.41, 5.74) is 0. The van der Waals surface area contributed by atoms with Crippen LogP contribution in [0.3, 0.4) is 0 Å². The minimum Gasteiger partial charge on any atom is -0.343 e. The molecule has 0 amide bonds. The molecule has 1 aromatic rings. The van der Waals surface area contributed by atoms with E-state index in [-0.39, 0.29) is 0 Å². The predicted molar refractivity (Wildman–Crippen MR) is 68.2 cm³/mol. The number of hydrogen-bond acceptors (Lipinski definition) is 5. The maximum atomic E-state index is 4.59. The first-order valence-corrected chi connectivity index (χ1v) is 6.86. The second-order valence-electron chi connectivity index (χ2n) is 4.25. The minimum atomic E-state index is 0.594.